The van der Waals surface area contributed by atoms with Gasteiger partial charge in [-0.3, -0.25) is 4.79 Å². The van der Waals surface area contributed by atoms with Crippen LogP contribution in [0.15, 0.2) is 41.4 Å². The quantitative estimate of drug-likeness (QED) is 0.735. The second-order valence-corrected chi connectivity index (χ2v) is 7.32. The van der Waals surface area contributed by atoms with Crippen LogP contribution in [-0.4, -0.2) is 20.5 Å². The van der Waals surface area contributed by atoms with Crippen molar-refractivity contribution in [1.29, 1.82) is 0 Å². The Hall–Kier alpha value is -2.27. The molecule has 2 aromatic heterocycles. The summed E-state index contributed by atoms with van der Waals surface area (Å²) in [5.74, 6) is 0.0574. The fourth-order valence-corrected chi connectivity index (χ4v) is 3.83. The lowest BCUT2D eigenvalue weighted by molar-refractivity contribution is -0.115. The summed E-state index contributed by atoms with van der Waals surface area (Å²) in [6.07, 6.45) is 2.05. The second kappa shape index (κ2) is 5.13. The number of benzene rings is 1. The molecule has 0 saturated carbocycles. The third-order valence-corrected chi connectivity index (χ3v) is 5.38. The van der Waals surface area contributed by atoms with Crippen molar-refractivity contribution < 1.29 is 4.79 Å². The highest BCUT2D eigenvalue weighted by atomic mass is 32.2. The number of amides is 1. The minimum Gasteiger partial charge on any atom is -0.324 e. The molecule has 4 rings (SSSR count). The van der Waals surface area contributed by atoms with Crippen molar-refractivity contribution in [3.63, 3.8) is 0 Å². The van der Waals surface area contributed by atoms with Crippen molar-refractivity contribution in [3.8, 4) is 11.3 Å². The lowest BCUT2D eigenvalue weighted by Gasteiger charge is -2.21. The summed E-state index contributed by atoms with van der Waals surface area (Å²) in [6, 6.07) is 10.3. The van der Waals surface area contributed by atoms with Crippen LogP contribution in [0.25, 0.3) is 16.9 Å². The van der Waals surface area contributed by atoms with Crippen LogP contribution in [0.2, 0.25) is 0 Å². The van der Waals surface area contributed by atoms with E-state index in [4.69, 9.17) is 4.98 Å². The van der Waals surface area contributed by atoms with Gasteiger partial charge in [-0.2, -0.15) is 0 Å². The van der Waals surface area contributed by atoms with E-state index in [-0.39, 0.29) is 11.2 Å². The zero-order valence-electron chi connectivity index (χ0n) is 13.3. The van der Waals surface area contributed by atoms with Gasteiger partial charge in [-0.1, -0.05) is 6.07 Å². The predicted octanol–water partition coefficient (Wildman–Crippen LogP) is 4.05. The smallest absolute Gasteiger partial charge is 0.237 e. The minimum absolute atomic E-state index is 0.0479. The number of nitrogens with one attached hydrogen (secondary N) is 1. The standard InChI is InChI=1S/C18H17N3OS/c1-10-6-7-21-11(2)17(20-16(21)8-10)13-4-5-15-14(9-13)19-18(22)12(3)23-15/h4-9,12H,1-3H3,(H,19,22). The summed E-state index contributed by atoms with van der Waals surface area (Å²) in [5.41, 5.74) is 6.10. The zero-order chi connectivity index (χ0) is 16.1. The molecule has 1 unspecified atom stereocenters. The van der Waals surface area contributed by atoms with Gasteiger partial charge in [0.2, 0.25) is 5.91 Å². The number of pyridine rings is 1. The largest absolute Gasteiger partial charge is 0.324 e. The Morgan fingerprint density at radius 1 is 1.22 bits per heavy atom. The van der Waals surface area contributed by atoms with E-state index in [0.29, 0.717) is 0 Å². The van der Waals surface area contributed by atoms with E-state index in [1.165, 1.54) is 5.56 Å². The molecule has 0 saturated heterocycles. The van der Waals surface area contributed by atoms with Gasteiger partial charge in [0, 0.05) is 22.3 Å². The van der Waals surface area contributed by atoms with Gasteiger partial charge in [0.15, 0.2) is 0 Å². The van der Waals surface area contributed by atoms with Crippen LogP contribution in [0.3, 0.4) is 0 Å². The summed E-state index contributed by atoms with van der Waals surface area (Å²) >= 11 is 1.60. The van der Waals surface area contributed by atoms with Crippen LogP contribution in [-0.2, 0) is 4.79 Å². The van der Waals surface area contributed by atoms with E-state index >= 15 is 0 Å². The average Bonchev–Trinajstić information content (AvgIpc) is 2.84. The normalized spacial score (nSPS) is 17.2. The van der Waals surface area contributed by atoms with E-state index in [0.717, 1.165) is 33.2 Å². The maximum Gasteiger partial charge on any atom is 0.237 e. The summed E-state index contributed by atoms with van der Waals surface area (Å²) in [4.78, 5) is 17.8. The number of aryl methyl sites for hydroxylation is 2. The van der Waals surface area contributed by atoms with Crippen molar-refractivity contribution >= 4 is 29.0 Å². The van der Waals surface area contributed by atoms with Crippen LogP contribution in [0.1, 0.15) is 18.2 Å². The van der Waals surface area contributed by atoms with Crippen LogP contribution >= 0.6 is 11.8 Å². The van der Waals surface area contributed by atoms with Crippen molar-refractivity contribution in [2.24, 2.45) is 0 Å². The van der Waals surface area contributed by atoms with Gasteiger partial charge in [0.25, 0.3) is 0 Å². The Morgan fingerprint density at radius 3 is 2.87 bits per heavy atom. The molecular formula is C18H17N3OS. The number of thioether (sulfide) groups is 1. The highest BCUT2D eigenvalue weighted by Crippen LogP contribution is 2.38. The summed E-state index contributed by atoms with van der Waals surface area (Å²) in [6.45, 7) is 6.06. The first-order valence-corrected chi connectivity index (χ1v) is 8.48. The number of carbonyl (C=O) groups is 1. The van der Waals surface area contributed by atoms with Crippen LogP contribution in [0.4, 0.5) is 5.69 Å². The van der Waals surface area contributed by atoms with Gasteiger partial charge in [0.1, 0.15) is 5.65 Å². The maximum absolute atomic E-state index is 11.9. The molecule has 3 aromatic rings. The zero-order valence-corrected chi connectivity index (χ0v) is 14.1. The van der Waals surface area contributed by atoms with Crippen molar-refractivity contribution in [3.05, 3.63) is 47.8 Å². The summed E-state index contributed by atoms with van der Waals surface area (Å²) in [7, 11) is 0. The Balaban J connectivity index is 1.84. The van der Waals surface area contributed by atoms with Crippen molar-refractivity contribution in [2.45, 2.75) is 30.9 Å². The van der Waals surface area contributed by atoms with Gasteiger partial charge >= 0.3 is 0 Å². The predicted molar refractivity (Wildman–Crippen MR) is 94.1 cm³/mol. The molecule has 5 heteroatoms. The fraction of sp³-hybridized carbons (Fsp3) is 0.222. The first kappa shape index (κ1) is 14.3. The molecule has 0 fully saturated rings. The second-order valence-electron chi connectivity index (χ2n) is 5.94. The molecule has 4 nitrogen and oxygen atoms in total. The Morgan fingerprint density at radius 2 is 2.04 bits per heavy atom. The lowest BCUT2D eigenvalue weighted by Crippen LogP contribution is -2.26. The van der Waals surface area contributed by atoms with Gasteiger partial charge in [0.05, 0.1) is 16.6 Å². The number of aromatic nitrogens is 2. The van der Waals surface area contributed by atoms with Gasteiger partial charge in [-0.25, -0.2) is 4.98 Å². The van der Waals surface area contributed by atoms with Gasteiger partial charge in [-0.05, 0) is 50.6 Å². The molecule has 1 aromatic carbocycles. The van der Waals surface area contributed by atoms with Crippen LogP contribution in [0, 0.1) is 13.8 Å². The fourth-order valence-electron chi connectivity index (χ4n) is 2.90. The van der Waals surface area contributed by atoms with E-state index in [9.17, 15) is 4.79 Å². The maximum atomic E-state index is 11.9. The minimum atomic E-state index is -0.0479. The van der Waals surface area contributed by atoms with Crippen molar-refractivity contribution in [1.82, 2.24) is 9.38 Å². The van der Waals surface area contributed by atoms with E-state index in [1.807, 2.05) is 19.2 Å². The molecular weight excluding hydrogens is 306 g/mol. The summed E-state index contributed by atoms with van der Waals surface area (Å²) < 4.78 is 2.09. The topological polar surface area (TPSA) is 46.4 Å². The number of nitrogens with zero attached hydrogens (tertiary/aromatic N) is 2. The molecule has 23 heavy (non-hydrogen) atoms. The molecule has 1 aliphatic heterocycles. The molecule has 1 amide bonds. The monoisotopic (exact) mass is 323 g/mol. The number of hydrogen-bond acceptors (Lipinski definition) is 3. The molecule has 1 atom stereocenters. The highest BCUT2D eigenvalue weighted by Gasteiger charge is 2.23. The number of hydrogen-bond donors (Lipinski definition) is 1. The number of anilines is 1. The number of carbonyl (C=O) groups excluding carboxylic acids is 1. The first-order chi connectivity index (χ1) is 11.0. The lowest BCUT2D eigenvalue weighted by atomic mass is 10.1. The number of fused-ring (bicyclic) bond motifs is 2. The van der Waals surface area contributed by atoms with Gasteiger partial charge < -0.3 is 9.72 Å². The SMILES string of the molecule is Cc1ccn2c(C)c(-c3ccc4c(c3)NC(=O)C(C)S4)nc2c1. The third-order valence-electron chi connectivity index (χ3n) is 4.20. The number of imidazole rings is 1. The van der Waals surface area contributed by atoms with E-state index < -0.39 is 0 Å². The van der Waals surface area contributed by atoms with Crippen molar-refractivity contribution in [2.75, 3.05) is 5.32 Å². The van der Waals surface area contributed by atoms with E-state index in [2.05, 4.69) is 47.8 Å². The molecule has 3 heterocycles. The molecule has 0 aliphatic carbocycles. The van der Waals surface area contributed by atoms with Crippen LogP contribution in [0.5, 0.6) is 0 Å². The molecule has 0 bridgehead atoms. The Bertz CT molecular complexity index is 945. The molecule has 0 radical (unpaired) electrons. The molecule has 0 spiro atoms. The molecule has 1 aliphatic rings. The molecule has 1 N–H and O–H groups in total. The average molecular weight is 323 g/mol. The number of rotatable bonds is 1. The Labute approximate surface area is 138 Å². The summed E-state index contributed by atoms with van der Waals surface area (Å²) in [5, 5.41) is 2.94. The van der Waals surface area contributed by atoms with Gasteiger partial charge in [-0.15, -0.1) is 11.8 Å². The highest BCUT2D eigenvalue weighted by molar-refractivity contribution is 8.00. The molecule has 116 valence electrons. The Kier molecular flexibility index (Phi) is 3.20. The van der Waals surface area contributed by atoms with E-state index in [1.54, 1.807) is 11.8 Å². The first-order valence-electron chi connectivity index (χ1n) is 7.60. The third kappa shape index (κ3) is 2.32. The van der Waals surface area contributed by atoms with Crippen LogP contribution < -0.4 is 5.32 Å².